The van der Waals surface area contributed by atoms with Crippen LogP contribution in [0.2, 0.25) is 0 Å². The molecule has 0 aliphatic carbocycles. The third-order valence-electron chi connectivity index (χ3n) is 2.13. The minimum absolute atomic E-state index is 0.274. The molecule has 0 aromatic carbocycles. The second-order valence-electron chi connectivity index (χ2n) is 3.35. The van der Waals surface area contributed by atoms with Crippen molar-refractivity contribution in [2.75, 3.05) is 0 Å². The van der Waals surface area contributed by atoms with E-state index in [0.717, 1.165) is 11.1 Å². The fourth-order valence-electron chi connectivity index (χ4n) is 1.31. The van der Waals surface area contributed by atoms with Crippen LogP contribution in [-0.2, 0) is 6.54 Å². The van der Waals surface area contributed by atoms with E-state index in [4.69, 9.17) is 11.1 Å². The first kappa shape index (κ1) is 14.2. The number of nitrogens with zero attached hydrogens (tertiary/aromatic N) is 9. The summed E-state index contributed by atoms with van der Waals surface area (Å²) < 4.78 is 1.15. The lowest BCUT2D eigenvalue weighted by molar-refractivity contribution is 0.0959. The summed E-state index contributed by atoms with van der Waals surface area (Å²) in [5, 5.41) is 12.8. The van der Waals surface area contributed by atoms with E-state index >= 15 is 0 Å². The Bertz CT molecular complexity index is 591. The van der Waals surface area contributed by atoms with E-state index in [1.165, 1.54) is 0 Å². The summed E-state index contributed by atoms with van der Waals surface area (Å²) in [6.45, 7) is 2.26. The van der Waals surface area contributed by atoms with Crippen LogP contribution in [0, 0.1) is 0 Å². The van der Waals surface area contributed by atoms with Gasteiger partial charge in [0.25, 0.3) is 11.8 Å². The van der Waals surface area contributed by atoms with Crippen LogP contribution in [0.4, 0.5) is 0 Å². The molecular formula is C8H9N9O2. The summed E-state index contributed by atoms with van der Waals surface area (Å²) in [7, 11) is 0. The van der Waals surface area contributed by atoms with Crippen molar-refractivity contribution in [3.05, 3.63) is 32.3 Å². The first-order chi connectivity index (χ1) is 9.15. The van der Waals surface area contributed by atoms with Gasteiger partial charge in [0.1, 0.15) is 5.69 Å². The van der Waals surface area contributed by atoms with Crippen LogP contribution >= 0.6 is 0 Å². The van der Waals surface area contributed by atoms with E-state index < -0.39 is 17.5 Å². The number of carbonyl (C=O) groups excluding carboxylic acids is 2. The van der Waals surface area contributed by atoms with Crippen molar-refractivity contribution in [2.24, 2.45) is 10.2 Å². The Labute approximate surface area is 106 Å². The van der Waals surface area contributed by atoms with E-state index in [1.807, 2.05) is 6.92 Å². The number of aromatic nitrogens is 3. The quantitative estimate of drug-likeness (QED) is 0.450. The van der Waals surface area contributed by atoms with E-state index in [9.17, 15) is 9.59 Å². The molecule has 0 atom stereocenters. The van der Waals surface area contributed by atoms with E-state index in [0.29, 0.717) is 13.0 Å². The highest BCUT2D eigenvalue weighted by Gasteiger charge is 2.23. The van der Waals surface area contributed by atoms with Crippen LogP contribution in [0.5, 0.6) is 0 Å². The Morgan fingerprint density at radius 1 is 1.26 bits per heavy atom. The van der Waals surface area contributed by atoms with Crippen LogP contribution in [0.15, 0.2) is 10.2 Å². The highest BCUT2D eigenvalue weighted by Crippen LogP contribution is 2.10. The molecule has 0 saturated heterocycles. The van der Waals surface area contributed by atoms with Gasteiger partial charge in [0.05, 0.1) is 0 Å². The molecule has 19 heavy (non-hydrogen) atoms. The minimum Gasteiger partial charge on any atom is -0.285 e. The minimum atomic E-state index is -1.05. The highest BCUT2D eigenvalue weighted by atomic mass is 16.2. The summed E-state index contributed by atoms with van der Waals surface area (Å²) in [4.78, 5) is 27.7. The van der Waals surface area contributed by atoms with Crippen LogP contribution in [0.25, 0.3) is 20.9 Å². The van der Waals surface area contributed by atoms with E-state index in [2.05, 4.69) is 30.4 Å². The lowest BCUT2D eigenvalue weighted by atomic mass is 10.2. The number of carbonyl (C=O) groups is 2. The summed E-state index contributed by atoms with van der Waals surface area (Å²) in [6, 6.07) is 0. The third kappa shape index (κ3) is 3.28. The standard InChI is InChI=1S/C8H9N9O2/c1-2-3-4-17-6(8(19)13-15-10)5(11-16-17)7(18)12-14-9/h2-4H2,1H3. The molecule has 1 rings (SSSR count). The van der Waals surface area contributed by atoms with Crippen molar-refractivity contribution in [2.45, 2.75) is 26.3 Å². The molecule has 0 saturated carbocycles. The maximum atomic E-state index is 11.6. The lowest BCUT2D eigenvalue weighted by Gasteiger charge is -2.02. The molecule has 0 radical (unpaired) electrons. The van der Waals surface area contributed by atoms with E-state index in [-0.39, 0.29) is 5.69 Å². The van der Waals surface area contributed by atoms with Gasteiger partial charge in [-0.2, -0.15) is 0 Å². The van der Waals surface area contributed by atoms with Gasteiger partial charge >= 0.3 is 0 Å². The van der Waals surface area contributed by atoms with Gasteiger partial charge in [-0.15, -0.1) is 5.10 Å². The van der Waals surface area contributed by atoms with Crippen molar-refractivity contribution >= 4 is 11.8 Å². The largest absolute Gasteiger partial charge is 0.285 e. The lowest BCUT2D eigenvalue weighted by Crippen LogP contribution is -2.12. The zero-order chi connectivity index (χ0) is 14.3. The van der Waals surface area contributed by atoms with Crippen LogP contribution in [-0.4, -0.2) is 26.8 Å². The Kier molecular flexibility index (Phi) is 5.03. The van der Waals surface area contributed by atoms with Gasteiger partial charge in [0.2, 0.25) is 0 Å². The molecule has 0 aliphatic heterocycles. The summed E-state index contributed by atoms with van der Waals surface area (Å²) in [6.07, 6.45) is 1.52. The van der Waals surface area contributed by atoms with Crippen LogP contribution < -0.4 is 0 Å². The highest BCUT2D eigenvalue weighted by molar-refractivity contribution is 6.05. The molecule has 0 fully saturated rings. The molecule has 0 spiro atoms. The predicted molar refractivity (Wildman–Crippen MR) is 61.9 cm³/mol. The topological polar surface area (TPSA) is 162 Å². The predicted octanol–water partition coefficient (Wildman–Crippen LogP) is 1.98. The molecule has 0 aliphatic rings. The van der Waals surface area contributed by atoms with Gasteiger partial charge in [-0.25, -0.2) is 4.68 Å². The fraction of sp³-hybridized carbons (Fsp3) is 0.500. The van der Waals surface area contributed by atoms with Gasteiger partial charge in [0.15, 0.2) is 5.69 Å². The number of hydrogen-bond donors (Lipinski definition) is 0. The fourth-order valence-corrected chi connectivity index (χ4v) is 1.31. The van der Waals surface area contributed by atoms with Gasteiger partial charge in [-0.05, 0) is 27.7 Å². The maximum Gasteiger partial charge on any atom is 0.271 e. The molecule has 1 aromatic rings. The van der Waals surface area contributed by atoms with Gasteiger partial charge < -0.3 is 0 Å². The second-order valence-corrected chi connectivity index (χ2v) is 3.35. The second kappa shape index (κ2) is 6.74. The Balaban J connectivity index is 3.28. The zero-order valence-corrected chi connectivity index (χ0v) is 9.96. The van der Waals surface area contributed by atoms with Crippen molar-refractivity contribution in [1.29, 1.82) is 0 Å². The summed E-state index contributed by atoms with van der Waals surface area (Å²) >= 11 is 0. The molecule has 0 bridgehead atoms. The first-order valence-electron chi connectivity index (χ1n) is 5.28. The molecule has 1 aromatic heterocycles. The number of aryl methyl sites for hydroxylation is 1. The Morgan fingerprint density at radius 2 is 1.89 bits per heavy atom. The molecule has 98 valence electrons. The molecule has 2 amide bonds. The molecule has 0 N–H and O–H groups in total. The van der Waals surface area contributed by atoms with Crippen LogP contribution in [0.1, 0.15) is 40.7 Å². The Hall–Kier alpha value is -2.90. The van der Waals surface area contributed by atoms with Crippen molar-refractivity contribution in [3.8, 4) is 0 Å². The van der Waals surface area contributed by atoms with Crippen molar-refractivity contribution in [3.63, 3.8) is 0 Å². The molecule has 0 unspecified atom stereocenters. The van der Waals surface area contributed by atoms with Crippen LogP contribution in [0.3, 0.4) is 0 Å². The van der Waals surface area contributed by atoms with Gasteiger partial charge in [0, 0.05) is 16.4 Å². The normalized spacial score (nSPS) is 9.32. The molecule has 1 heterocycles. The first-order valence-corrected chi connectivity index (χ1v) is 5.28. The summed E-state index contributed by atoms with van der Waals surface area (Å²) in [5.41, 5.74) is 15.8. The molecule has 11 nitrogen and oxygen atoms in total. The molecular weight excluding hydrogens is 254 g/mol. The molecule has 11 heteroatoms. The number of rotatable bonds is 5. The number of unbranched alkanes of at least 4 members (excludes halogenated alkanes) is 1. The zero-order valence-electron chi connectivity index (χ0n) is 9.96. The smallest absolute Gasteiger partial charge is 0.271 e. The van der Waals surface area contributed by atoms with Crippen molar-refractivity contribution < 1.29 is 9.59 Å². The summed E-state index contributed by atoms with van der Waals surface area (Å²) in [5.74, 6) is -2.05. The average Bonchev–Trinajstić information content (AvgIpc) is 2.80. The number of amides is 2. The SMILES string of the molecule is CCCCn1nnc(C(=O)N=[N+]=[N-])c1C(=O)N=[N+]=[N-]. The third-order valence-corrected chi connectivity index (χ3v) is 2.13. The van der Waals surface area contributed by atoms with Gasteiger partial charge in [-0.3, -0.25) is 9.59 Å². The number of azide groups is 2. The van der Waals surface area contributed by atoms with E-state index in [1.54, 1.807) is 0 Å². The maximum absolute atomic E-state index is 11.6. The van der Waals surface area contributed by atoms with Gasteiger partial charge in [-0.1, -0.05) is 18.6 Å². The average molecular weight is 263 g/mol. The Morgan fingerprint density at radius 3 is 2.47 bits per heavy atom. The number of hydrogen-bond acceptors (Lipinski definition) is 4. The monoisotopic (exact) mass is 263 g/mol. The van der Waals surface area contributed by atoms with Crippen molar-refractivity contribution in [1.82, 2.24) is 15.0 Å².